The third kappa shape index (κ3) is 3.78. The van der Waals surface area contributed by atoms with Crippen LogP contribution in [0.15, 0.2) is 58.6 Å². The van der Waals surface area contributed by atoms with Crippen LogP contribution < -0.4 is 5.32 Å². The number of halogens is 1. The summed E-state index contributed by atoms with van der Waals surface area (Å²) in [6.45, 7) is 0. The Morgan fingerprint density at radius 2 is 2.18 bits per heavy atom. The maximum absolute atomic E-state index is 12.0. The Bertz CT molecular complexity index is 789. The fourth-order valence-electron chi connectivity index (χ4n) is 1.95. The van der Waals surface area contributed by atoms with E-state index in [1.807, 2.05) is 29.6 Å². The van der Waals surface area contributed by atoms with Crippen molar-refractivity contribution in [2.24, 2.45) is 0 Å². The predicted molar refractivity (Wildman–Crippen MR) is 91.8 cm³/mol. The first-order valence-corrected chi connectivity index (χ1v) is 8.28. The standard InChI is InChI=1S/C16H12BrN3OS/c17-12-4-1-3-11(7-12)16-20-14(10-22-16)8-15(21)19-13-5-2-6-18-9-13/h1-7,9-10H,8H2,(H,19,21). The van der Waals surface area contributed by atoms with E-state index in [-0.39, 0.29) is 12.3 Å². The molecule has 0 aliphatic rings. The summed E-state index contributed by atoms with van der Waals surface area (Å²) in [5.41, 5.74) is 2.50. The van der Waals surface area contributed by atoms with Crippen molar-refractivity contribution in [1.29, 1.82) is 0 Å². The highest BCUT2D eigenvalue weighted by atomic mass is 79.9. The lowest BCUT2D eigenvalue weighted by molar-refractivity contribution is -0.115. The minimum atomic E-state index is -0.0981. The maximum Gasteiger partial charge on any atom is 0.230 e. The first kappa shape index (κ1) is 14.9. The van der Waals surface area contributed by atoms with Crippen LogP contribution in [0.1, 0.15) is 5.69 Å². The molecule has 3 rings (SSSR count). The van der Waals surface area contributed by atoms with Crippen molar-refractivity contribution in [3.05, 3.63) is 64.3 Å². The number of carbonyl (C=O) groups is 1. The van der Waals surface area contributed by atoms with Gasteiger partial charge in [-0.05, 0) is 24.3 Å². The molecule has 0 radical (unpaired) electrons. The number of thiazole rings is 1. The van der Waals surface area contributed by atoms with Crippen LogP contribution in [0.3, 0.4) is 0 Å². The molecule has 2 heterocycles. The van der Waals surface area contributed by atoms with Crippen LogP contribution in [-0.2, 0) is 11.2 Å². The minimum absolute atomic E-state index is 0.0981. The zero-order valence-electron chi connectivity index (χ0n) is 11.5. The number of carbonyl (C=O) groups excluding carboxylic acids is 1. The molecule has 110 valence electrons. The van der Waals surface area contributed by atoms with E-state index in [4.69, 9.17) is 0 Å². The molecule has 1 amide bonds. The number of nitrogens with zero attached hydrogens (tertiary/aromatic N) is 2. The van der Waals surface area contributed by atoms with Gasteiger partial charge in [0.1, 0.15) is 5.01 Å². The summed E-state index contributed by atoms with van der Waals surface area (Å²) in [4.78, 5) is 20.5. The lowest BCUT2D eigenvalue weighted by Crippen LogP contribution is -2.14. The molecule has 22 heavy (non-hydrogen) atoms. The average molecular weight is 374 g/mol. The Balaban J connectivity index is 1.68. The number of hydrogen-bond acceptors (Lipinski definition) is 4. The number of amides is 1. The number of rotatable bonds is 4. The normalized spacial score (nSPS) is 10.4. The van der Waals surface area contributed by atoms with Gasteiger partial charge < -0.3 is 5.32 Å². The van der Waals surface area contributed by atoms with Crippen molar-refractivity contribution in [3.8, 4) is 10.6 Å². The third-order valence-corrected chi connectivity index (χ3v) is 4.34. The molecule has 3 aromatic rings. The Kier molecular flexibility index (Phi) is 4.60. The van der Waals surface area contributed by atoms with E-state index in [9.17, 15) is 4.79 Å². The molecule has 0 bridgehead atoms. The van der Waals surface area contributed by atoms with E-state index in [0.717, 1.165) is 20.7 Å². The van der Waals surface area contributed by atoms with Gasteiger partial charge in [0.25, 0.3) is 0 Å². The van der Waals surface area contributed by atoms with Gasteiger partial charge in [0.05, 0.1) is 24.0 Å². The number of benzene rings is 1. The smallest absolute Gasteiger partial charge is 0.230 e. The summed E-state index contributed by atoms with van der Waals surface area (Å²) in [6, 6.07) is 11.5. The summed E-state index contributed by atoms with van der Waals surface area (Å²) >= 11 is 4.99. The van der Waals surface area contributed by atoms with Gasteiger partial charge in [0.15, 0.2) is 0 Å². The Labute approximate surface area is 140 Å². The molecule has 4 nitrogen and oxygen atoms in total. The molecule has 0 saturated carbocycles. The summed E-state index contributed by atoms with van der Waals surface area (Å²) in [5.74, 6) is -0.0981. The van der Waals surface area contributed by atoms with E-state index in [1.165, 1.54) is 11.3 Å². The molecular weight excluding hydrogens is 362 g/mol. The SMILES string of the molecule is O=C(Cc1csc(-c2cccc(Br)c2)n1)Nc1cccnc1. The highest BCUT2D eigenvalue weighted by Crippen LogP contribution is 2.26. The highest BCUT2D eigenvalue weighted by molar-refractivity contribution is 9.10. The van der Waals surface area contributed by atoms with E-state index in [0.29, 0.717) is 5.69 Å². The van der Waals surface area contributed by atoms with Crippen LogP contribution in [0.4, 0.5) is 5.69 Å². The molecule has 0 fully saturated rings. The van der Waals surface area contributed by atoms with Gasteiger partial charge in [0, 0.05) is 21.6 Å². The van der Waals surface area contributed by atoms with Gasteiger partial charge in [-0.15, -0.1) is 11.3 Å². The zero-order valence-corrected chi connectivity index (χ0v) is 13.9. The minimum Gasteiger partial charge on any atom is -0.324 e. The van der Waals surface area contributed by atoms with E-state index in [1.54, 1.807) is 24.5 Å². The second-order valence-electron chi connectivity index (χ2n) is 4.62. The molecule has 2 aromatic heterocycles. The van der Waals surface area contributed by atoms with Crippen LogP contribution in [0.25, 0.3) is 10.6 Å². The summed E-state index contributed by atoms with van der Waals surface area (Å²) in [7, 11) is 0. The van der Waals surface area contributed by atoms with Crippen LogP contribution in [0, 0.1) is 0 Å². The van der Waals surface area contributed by atoms with Gasteiger partial charge >= 0.3 is 0 Å². The monoisotopic (exact) mass is 373 g/mol. The second-order valence-corrected chi connectivity index (χ2v) is 6.39. The van der Waals surface area contributed by atoms with E-state index in [2.05, 4.69) is 31.2 Å². The van der Waals surface area contributed by atoms with Gasteiger partial charge in [-0.3, -0.25) is 9.78 Å². The van der Waals surface area contributed by atoms with Gasteiger partial charge in [-0.1, -0.05) is 28.1 Å². The lowest BCUT2D eigenvalue weighted by Gasteiger charge is -2.02. The van der Waals surface area contributed by atoms with Crippen molar-refractivity contribution >= 4 is 38.9 Å². The molecule has 0 aliphatic carbocycles. The molecule has 0 atom stereocenters. The molecule has 1 N–H and O–H groups in total. The zero-order chi connectivity index (χ0) is 15.4. The second kappa shape index (κ2) is 6.81. The quantitative estimate of drug-likeness (QED) is 0.747. The van der Waals surface area contributed by atoms with Gasteiger partial charge in [-0.25, -0.2) is 4.98 Å². The Morgan fingerprint density at radius 1 is 1.27 bits per heavy atom. The van der Waals surface area contributed by atoms with Crippen LogP contribution in [0.2, 0.25) is 0 Å². The summed E-state index contributed by atoms with van der Waals surface area (Å²) in [6.07, 6.45) is 3.53. The summed E-state index contributed by atoms with van der Waals surface area (Å²) in [5, 5.41) is 5.63. The number of pyridine rings is 1. The Hall–Kier alpha value is -2.05. The van der Waals surface area contributed by atoms with Gasteiger partial charge in [0.2, 0.25) is 5.91 Å². The summed E-state index contributed by atoms with van der Waals surface area (Å²) < 4.78 is 1.01. The van der Waals surface area contributed by atoms with Crippen molar-refractivity contribution in [1.82, 2.24) is 9.97 Å². The van der Waals surface area contributed by atoms with Crippen LogP contribution in [-0.4, -0.2) is 15.9 Å². The third-order valence-electron chi connectivity index (χ3n) is 2.91. The predicted octanol–water partition coefficient (Wildman–Crippen LogP) is 4.15. The highest BCUT2D eigenvalue weighted by Gasteiger charge is 2.09. The van der Waals surface area contributed by atoms with Crippen LogP contribution in [0.5, 0.6) is 0 Å². The molecule has 0 spiro atoms. The van der Waals surface area contributed by atoms with Crippen LogP contribution >= 0.6 is 27.3 Å². The molecular formula is C16H12BrN3OS. The molecule has 0 aliphatic heterocycles. The topological polar surface area (TPSA) is 54.9 Å². The van der Waals surface area contributed by atoms with Gasteiger partial charge in [-0.2, -0.15) is 0 Å². The van der Waals surface area contributed by atoms with Crippen molar-refractivity contribution in [2.45, 2.75) is 6.42 Å². The maximum atomic E-state index is 12.0. The fourth-order valence-corrected chi connectivity index (χ4v) is 3.16. The fraction of sp³-hybridized carbons (Fsp3) is 0.0625. The molecule has 0 saturated heterocycles. The van der Waals surface area contributed by atoms with Crippen molar-refractivity contribution in [2.75, 3.05) is 5.32 Å². The van der Waals surface area contributed by atoms with Crippen molar-refractivity contribution in [3.63, 3.8) is 0 Å². The average Bonchev–Trinajstić information content (AvgIpc) is 2.96. The van der Waals surface area contributed by atoms with Crippen molar-refractivity contribution < 1.29 is 4.79 Å². The largest absolute Gasteiger partial charge is 0.324 e. The molecule has 6 heteroatoms. The number of nitrogens with one attached hydrogen (secondary N) is 1. The lowest BCUT2D eigenvalue weighted by atomic mass is 10.2. The van der Waals surface area contributed by atoms with E-state index >= 15 is 0 Å². The number of anilines is 1. The first-order chi connectivity index (χ1) is 10.7. The Morgan fingerprint density at radius 3 is 2.95 bits per heavy atom. The molecule has 0 unspecified atom stereocenters. The number of hydrogen-bond donors (Lipinski definition) is 1. The molecule has 1 aromatic carbocycles. The first-order valence-electron chi connectivity index (χ1n) is 6.61. The number of aromatic nitrogens is 2. The van der Waals surface area contributed by atoms with E-state index < -0.39 is 0 Å².